The molecule has 1 fully saturated rings. The molecule has 35 heavy (non-hydrogen) atoms. The van der Waals surface area contributed by atoms with E-state index in [2.05, 4.69) is 15.5 Å². The lowest BCUT2D eigenvalue weighted by atomic mass is 9.70. The lowest BCUT2D eigenvalue weighted by Gasteiger charge is -2.41. The molecule has 0 aliphatic carbocycles. The summed E-state index contributed by atoms with van der Waals surface area (Å²) in [5, 5.41) is 7.67. The van der Waals surface area contributed by atoms with E-state index in [1.807, 2.05) is 60.7 Å². The van der Waals surface area contributed by atoms with Crippen LogP contribution in [0.4, 0.5) is 23.1 Å². The lowest BCUT2D eigenvalue weighted by molar-refractivity contribution is -0.138. The van der Waals surface area contributed by atoms with Gasteiger partial charge in [0.25, 0.3) is 0 Å². The van der Waals surface area contributed by atoms with Gasteiger partial charge in [0.05, 0.1) is 0 Å². The van der Waals surface area contributed by atoms with Gasteiger partial charge in [0.15, 0.2) is 0 Å². The Hall–Kier alpha value is -3.47. The smallest absolute Gasteiger partial charge is 0.445 e. The highest BCUT2D eigenvalue weighted by atomic mass is 32.1. The number of hydrogen-bond donors (Lipinski definition) is 1. The van der Waals surface area contributed by atoms with E-state index in [-0.39, 0.29) is 29.5 Å². The number of likely N-dealkylation sites (tertiary alicyclic amines) is 1. The Kier molecular flexibility index (Phi) is 7.34. The molecule has 184 valence electrons. The maximum atomic E-state index is 12.8. The first-order valence-electron chi connectivity index (χ1n) is 11.0. The minimum Gasteiger partial charge on any atom is -0.445 e. The standard InChI is InChI=1S/C24H23F3N4O3S/c25-24(26,27)20-29-30-21(35-20)28-19(32)15-23(18-9-5-2-6-10-18)11-13-31(14-12-23)22(33)34-16-17-7-3-1-4-8-17/h1-10H,11-16H2,(H,28,30,32). The first-order chi connectivity index (χ1) is 16.7. The van der Waals surface area contributed by atoms with E-state index in [0.717, 1.165) is 11.1 Å². The van der Waals surface area contributed by atoms with Crippen molar-refractivity contribution in [1.82, 2.24) is 15.1 Å². The number of carbonyl (C=O) groups is 2. The lowest BCUT2D eigenvalue weighted by Crippen LogP contribution is -2.46. The summed E-state index contributed by atoms with van der Waals surface area (Å²) in [7, 11) is 0. The van der Waals surface area contributed by atoms with Gasteiger partial charge >= 0.3 is 12.3 Å². The van der Waals surface area contributed by atoms with Gasteiger partial charge in [0, 0.05) is 24.9 Å². The van der Waals surface area contributed by atoms with Crippen molar-refractivity contribution in [3.05, 3.63) is 76.8 Å². The number of rotatable bonds is 6. The van der Waals surface area contributed by atoms with E-state index in [9.17, 15) is 22.8 Å². The Morgan fingerprint density at radius 2 is 1.63 bits per heavy atom. The zero-order chi connectivity index (χ0) is 24.9. The molecule has 2 heterocycles. The van der Waals surface area contributed by atoms with Gasteiger partial charge in [-0.2, -0.15) is 13.2 Å². The number of nitrogens with one attached hydrogen (secondary N) is 1. The summed E-state index contributed by atoms with van der Waals surface area (Å²) in [6.45, 7) is 0.934. The number of benzene rings is 2. The largest absolute Gasteiger partial charge is 0.445 e. The molecule has 2 aromatic carbocycles. The fourth-order valence-electron chi connectivity index (χ4n) is 4.15. The Morgan fingerprint density at radius 3 is 2.23 bits per heavy atom. The monoisotopic (exact) mass is 504 g/mol. The van der Waals surface area contributed by atoms with Crippen molar-refractivity contribution < 1.29 is 27.5 Å². The molecular formula is C24H23F3N4O3S. The summed E-state index contributed by atoms with van der Waals surface area (Å²) in [5.41, 5.74) is 1.23. The normalized spacial score (nSPS) is 15.5. The van der Waals surface area contributed by atoms with Gasteiger partial charge in [-0.25, -0.2) is 4.79 Å². The fraction of sp³-hybridized carbons (Fsp3) is 0.333. The molecule has 0 unspecified atom stereocenters. The molecular weight excluding hydrogens is 481 g/mol. The SMILES string of the molecule is O=C(CC1(c2ccccc2)CCN(C(=O)OCc2ccccc2)CC1)Nc1nnc(C(F)(F)F)s1. The van der Waals surface area contributed by atoms with Crippen LogP contribution in [0.15, 0.2) is 60.7 Å². The predicted octanol–water partition coefficient (Wildman–Crippen LogP) is 5.26. The van der Waals surface area contributed by atoms with Crippen LogP contribution in [0.2, 0.25) is 0 Å². The third kappa shape index (κ3) is 6.16. The maximum absolute atomic E-state index is 12.8. The Balaban J connectivity index is 1.41. The van der Waals surface area contributed by atoms with Crippen molar-refractivity contribution in [3.63, 3.8) is 0 Å². The van der Waals surface area contributed by atoms with Crippen molar-refractivity contribution in [1.29, 1.82) is 0 Å². The van der Waals surface area contributed by atoms with Gasteiger partial charge in [0.1, 0.15) is 6.61 Å². The number of nitrogens with zero attached hydrogens (tertiary/aromatic N) is 3. The number of aromatic nitrogens is 2. The number of carbonyl (C=O) groups excluding carboxylic acids is 2. The van der Waals surface area contributed by atoms with Gasteiger partial charge < -0.3 is 15.0 Å². The van der Waals surface area contributed by atoms with Crippen LogP contribution < -0.4 is 5.32 Å². The van der Waals surface area contributed by atoms with Crippen LogP contribution in [0.1, 0.15) is 35.4 Å². The number of halogens is 3. The Morgan fingerprint density at radius 1 is 1.00 bits per heavy atom. The highest BCUT2D eigenvalue weighted by Crippen LogP contribution is 2.39. The zero-order valence-electron chi connectivity index (χ0n) is 18.6. The molecule has 0 bridgehead atoms. The van der Waals surface area contributed by atoms with E-state index in [1.54, 1.807) is 4.90 Å². The first-order valence-corrected chi connectivity index (χ1v) is 11.8. The van der Waals surface area contributed by atoms with Gasteiger partial charge in [-0.3, -0.25) is 4.79 Å². The summed E-state index contributed by atoms with van der Waals surface area (Å²) in [4.78, 5) is 27.0. The average Bonchev–Trinajstić information content (AvgIpc) is 3.33. The summed E-state index contributed by atoms with van der Waals surface area (Å²) in [6.07, 6.45) is -4.02. The number of anilines is 1. The van der Waals surface area contributed by atoms with E-state index in [1.165, 1.54) is 0 Å². The number of hydrogen-bond acceptors (Lipinski definition) is 6. The van der Waals surface area contributed by atoms with Crippen LogP contribution in [-0.4, -0.2) is 40.2 Å². The van der Waals surface area contributed by atoms with Crippen LogP contribution in [-0.2, 0) is 27.7 Å². The molecule has 0 atom stereocenters. The highest BCUT2D eigenvalue weighted by Gasteiger charge is 2.40. The van der Waals surface area contributed by atoms with E-state index >= 15 is 0 Å². The Labute approximate surface area is 203 Å². The van der Waals surface area contributed by atoms with Crippen molar-refractivity contribution in [2.45, 2.75) is 37.5 Å². The number of ether oxygens (including phenoxy) is 1. The summed E-state index contributed by atoms with van der Waals surface area (Å²) in [5.74, 6) is -0.459. The van der Waals surface area contributed by atoms with Crippen molar-refractivity contribution >= 4 is 28.5 Å². The van der Waals surface area contributed by atoms with Crippen LogP contribution in [0, 0.1) is 0 Å². The summed E-state index contributed by atoms with van der Waals surface area (Å²) in [6, 6.07) is 18.8. The molecule has 2 amide bonds. The van der Waals surface area contributed by atoms with Crippen LogP contribution >= 0.6 is 11.3 Å². The van der Waals surface area contributed by atoms with Crippen molar-refractivity contribution in [2.24, 2.45) is 0 Å². The fourth-order valence-corrected chi connectivity index (χ4v) is 4.77. The van der Waals surface area contributed by atoms with E-state index < -0.39 is 28.6 Å². The van der Waals surface area contributed by atoms with Gasteiger partial charge in [-0.1, -0.05) is 72.0 Å². The van der Waals surface area contributed by atoms with Gasteiger partial charge in [0.2, 0.25) is 16.0 Å². The molecule has 7 nitrogen and oxygen atoms in total. The van der Waals surface area contributed by atoms with E-state index in [0.29, 0.717) is 25.9 Å². The predicted molar refractivity (Wildman–Crippen MR) is 124 cm³/mol. The minimum absolute atomic E-state index is 0.0326. The maximum Gasteiger partial charge on any atom is 0.445 e. The topological polar surface area (TPSA) is 84.4 Å². The quantitative estimate of drug-likeness (QED) is 0.495. The van der Waals surface area contributed by atoms with Gasteiger partial charge in [-0.15, -0.1) is 10.2 Å². The average molecular weight is 505 g/mol. The third-order valence-corrected chi connectivity index (χ3v) is 6.87. The number of amides is 2. The molecule has 1 aromatic heterocycles. The zero-order valence-corrected chi connectivity index (χ0v) is 19.4. The second-order valence-electron chi connectivity index (χ2n) is 8.31. The molecule has 0 radical (unpaired) electrons. The molecule has 1 N–H and O–H groups in total. The summed E-state index contributed by atoms with van der Waals surface area (Å²) < 4.78 is 43.8. The molecule has 4 rings (SSSR count). The van der Waals surface area contributed by atoms with Crippen molar-refractivity contribution in [2.75, 3.05) is 18.4 Å². The molecule has 0 saturated carbocycles. The number of alkyl halides is 3. The van der Waals surface area contributed by atoms with Gasteiger partial charge in [-0.05, 0) is 24.0 Å². The molecule has 3 aromatic rings. The molecule has 0 spiro atoms. The second-order valence-corrected chi connectivity index (χ2v) is 9.29. The molecule has 11 heteroatoms. The Bertz CT molecular complexity index is 1150. The van der Waals surface area contributed by atoms with Crippen LogP contribution in [0.25, 0.3) is 0 Å². The first kappa shape index (κ1) is 24.6. The molecule has 1 aliphatic heterocycles. The summed E-state index contributed by atoms with van der Waals surface area (Å²) >= 11 is 0.284. The third-order valence-electron chi connectivity index (χ3n) is 5.98. The van der Waals surface area contributed by atoms with Crippen LogP contribution in [0.5, 0.6) is 0 Å². The molecule has 1 saturated heterocycles. The minimum atomic E-state index is -4.62. The van der Waals surface area contributed by atoms with Crippen molar-refractivity contribution in [3.8, 4) is 0 Å². The number of piperidine rings is 1. The highest BCUT2D eigenvalue weighted by molar-refractivity contribution is 7.15. The van der Waals surface area contributed by atoms with E-state index in [4.69, 9.17) is 4.74 Å². The molecule has 1 aliphatic rings. The van der Waals surface area contributed by atoms with Crippen LogP contribution in [0.3, 0.4) is 0 Å². The second kappa shape index (κ2) is 10.4.